The average molecular weight is 210 g/mol. The molecule has 5 heteroatoms. The van der Waals surface area contributed by atoms with Gasteiger partial charge in [0.15, 0.2) is 0 Å². The zero-order valence-corrected chi connectivity index (χ0v) is 9.66. The minimum atomic E-state index is -0.711. The Morgan fingerprint density at radius 2 is 2.27 bits per heavy atom. The molecule has 0 aliphatic rings. The maximum atomic E-state index is 11.7. The number of aromatic nitrogens is 2. The average Bonchev–Trinajstić information content (AvgIpc) is 2.58. The molecule has 0 saturated carbocycles. The van der Waals surface area contributed by atoms with Gasteiger partial charge in [0.05, 0.1) is 17.6 Å². The van der Waals surface area contributed by atoms with Gasteiger partial charge in [-0.25, -0.2) is 0 Å². The molecule has 0 aromatic carbocycles. The lowest BCUT2D eigenvalue weighted by atomic mass is 10.0. The van der Waals surface area contributed by atoms with Crippen LogP contribution in [-0.4, -0.2) is 22.7 Å². The summed E-state index contributed by atoms with van der Waals surface area (Å²) in [4.78, 5) is 11.7. The van der Waals surface area contributed by atoms with Gasteiger partial charge in [-0.3, -0.25) is 9.48 Å². The predicted octanol–water partition coefficient (Wildman–Crippen LogP) is 0.509. The Balaban J connectivity index is 3.20. The SMILES string of the molecule is CCc1c(N)cnn1C(C)(C)C(=O)NC. The second-order valence-electron chi connectivity index (χ2n) is 3.95. The molecule has 1 amide bonds. The highest BCUT2D eigenvalue weighted by Crippen LogP contribution is 2.21. The first kappa shape index (κ1) is 11.6. The van der Waals surface area contributed by atoms with Gasteiger partial charge >= 0.3 is 0 Å². The van der Waals surface area contributed by atoms with Gasteiger partial charge in [0.1, 0.15) is 5.54 Å². The number of carbonyl (C=O) groups excluding carboxylic acids is 1. The third-order valence-corrected chi connectivity index (χ3v) is 2.55. The van der Waals surface area contributed by atoms with Crippen molar-refractivity contribution in [3.05, 3.63) is 11.9 Å². The normalized spacial score (nSPS) is 11.5. The summed E-state index contributed by atoms with van der Waals surface area (Å²) in [5.41, 5.74) is 6.59. The number of nitrogens with two attached hydrogens (primary N) is 1. The van der Waals surface area contributed by atoms with Gasteiger partial charge in [-0.1, -0.05) is 6.92 Å². The fourth-order valence-electron chi connectivity index (χ4n) is 1.62. The first-order chi connectivity index (χ1) is 6.95. The van der Waals surface area contributed by atoms with Crippen molar-refractivity contribution < 1.29 is 4.79 Å². The molecular weight excluding hydrogens is 192 g/mol. The van der Waals surface area contributed by atoms with Crippen LogP contribution < -0.4 is 11.1 Å². The number of hydrogen-bond acceptors (Lipinski definition) is 3. The zero-order chi connectivity index (χ0) is 11.6. The van der Waals surface area contributed by atoms with Crippen LogP contribution in [0.4, 0.5) is 5.69 Å². The lowest BCUT2D eigenvalue weighted by Crippen LogP contribution is -2.44. The van der Waals surface area contributed by atoms with E-state index in [1.54, 1.807) is 17.9 Å². The smallest absolute Gasteiger partial charge is 0.247 e. The van der Waals surface area contributed by atoms with Gasteiger partial charge in [-0.05, 0) is 20.3 Å². The second kappa shape index (κ2) is 3.92. The molecule has 0 atom stereocenters. The Morgan fingerprint density at radius 1 is 1.67 bits per heavy atom. The Bertz CT molecular complexity index is 367. The highest BCUT2D eigenvalue weighted by molar-refractivity contribution is 5.83. The van der Waals surface area contributed by atoms with Crippen LogP contribution in [0, 0.1) is 0 Å². The molecular formula is C10H18N4O. The predicted molar refractivity (Wildman–Crippen MR) is 59.4 cm³/mol. The number of rotatable bonds is 3. The van der Waals surface area contributed by atoms with Crippen molar-refractivity contribution in [1.29, 1.82) is 0 Å². The van der Waals surface area contributed by atoms with Crippen LogP contribution >= 0.6 is 0 Å². The molecule has 0 bridgehead atoms. The minimum absolute atomic E-state index is 0.0831. The maximum Gasteiger partial charge on any atom is 0.247 e. The molecule has 0 radical (unpaired) electrons. The summed E-state index contributed by atoms with van der Waals surface area (Å²) in [7, 11) is 1.61. The number of nitrogens with zero attached hydrogens (tertiary/aromatic N) is 2. The van der Waals surface area contributed by atoms with E-state index in [-0.39, 0.29) is 5.91 Å². The number of amides is 1. The first-order valence-corrected chi connectivity index (χ1v) is 5.00. The number of likely N-dealkylation sites (N-methyl/N-ethyl adjacent to an activating group) is 1. The van der Waals surface area contributed by atoms with E-state index in [4.69, 9.17) is 5.73 Å². The summed E-state index contributed by atoms with van der Waals surface area (Å²) in [5.74, 6) is -0.0831. The molecule has 5 nitrogen and oxygen atoms in total. The second-order valence-corrected chi connectivity index (χ2v) is 3.95. The molecule has 1 aromatic heterocycles. The van der Waals surface area contributed by atoms with Crippen molar-refractivity contribution in [3.8, 4) is 0 Å². The van der Waals surface area contributed by atoms with Crippen molar-refractivity contribution in [2.45, 2.75) is 32.7 Å². The maximum absolute atomic E-state index is 11.7. The Morgan fingerprint density at radius 3 is 2.73 bits per heavy atom. The van der Waals surface area contributed by atoms with E-state index in [1.807, 2.05) is 20.8 Å². The molecule has 1 heterocycles. The van der Waals surface area contributed by atoms with Crippen molar-refractivity contribution in [3.63, 3.8) is 0 Å². The molecule has 1 rings (SSSR count). The van der Waals surface area contributed by atoms with Crippen LogP contribution in [-0.2, 0) is 16.8 Å². The molecule has 0 saturated heterocycles. The number of anilines is 1. The Kier molecular flexibility index (Phi) is 3.02. The number of nitrogen functional groups attached to an aromatic ring is 1. The standard InChI is InChI=1S/C10H18N4O/c1-5-8-7(11)6-13-14(8)10(2,3)9(15)12-4/h6H,5,11H2,1-4H3,(H,12,15). The molecule has 15 heavy (non-hydrogen) atoms. The van der Waals surface area contributed by atoms with Crippen molar-refractivity contribution in [2.75, 3.05) is 12.8 Å². The lowest BCUT2D eigenvalue weighted by molar-refractivity contribution is -0.128. The summed E-state index contributed by atoms with van der Waals surface area (Å²) < 4.78 is 1.68. The van der Waals surface area contributed by atoms with Crippen molar-refractivity contribution in [1.82, 2.24) is 15.1 Å². The highest BCUT2D eigenvalue weighted by Gasteiger charge is 2.31. The first-order valence-electron chi connectivity index (χ1n) is 5.00. The van der Waals surface area contributed by atoms with E-state index in [9.17, 15) is 4.79 Å². The third kappa shape index (κ3) is 1.82. The number of nitrogens with one attached hydrogen (secondary N) is 1. The Hall–Kier alpha value is -1.52. The van der Waals surface area contributed by atoms with Crippen molar-refractivity contribution in [2.24, 2.45) is 0 Å². The lowest BCUT2D eigenvalue weighted by Gasteiger charge is -2.25. The summed E-state index contributed by atoms with van der Waals surface area (Å²) in [5, 5.41) is 6.78. The molecule has 84 valence electrons. The molecule has 0 unspecified atom stereocenters. The van der Waals surface area contributed by atoms with E-state index < -0.39 is 5.54 Å². The number of carbonyl (C=O) groups is 1. The highest BCUT2D eigenvalue weighted by atomic mass is 16.2. The van der Waals surface area contributed by atoms with E-state index in [2.05, 4.69) is 10.4 Å². The fourth-order valence-corrected chi connectivity index (χ4v) is 1.62. The largest absolute Gasteiger partial charge is 0.396 e. The van der Waals surface area contributed by atoms with Gasteiger partial charge in [0.25, 0.3) is 0 Å². The van der Waals surface area contributed by atoms with Crippen LogP contribution in [0.3, 0.4) is 0 Å². The topological polar surface area (TPSA) is 72.9 Å². The molecule has 0 aliphatic carbocycles. The summed E-state index contributed by atoms with van der Waals surface area (Å²) >= 11 is 0. The van der Waals surface area contributed by atoms with Gasteiger partial charge in [-0.2, -0.15) is 5.10 Å². The van der Waals surface area contributed by atoms with Crippen LogP contribution in [0.15, 0.2) is 6.20 Å². The fraction of sp³-hybridized carbons (Fsp3) is 0.600. The van der Waals surface area contributed by atoms with Gasteiger partial charge in [0, 0.05) is 7.05 Å². The molecule has 3 N–H and O–H groups in total. The van der Waals surface area contributed by atoms with E-state index in [0.717, 1.165) is 12.1 Å². The van der Waals surface area contributed by atoms with Crippen LogP contribution in [0.5, 0.6) is 0 Å². The van der Waals surface area contributed by atoms with Gasteiger partial charge in [0.2, 0.25) is 5.91 Å². The molecule has 1 aromatic rings. The van der Waals surface area contributed by atoms with Crippen LogP contribution in [0.2, 0.25) is 0 Å². The zero-order valence-electron chi connectivity index (χ0n) is 9.66. The molecule has 0 spiro atoms. The molecule has 0 aliphatic heterocycles. The van der Waals surface area contributed by atoms with Gasteiger partial charge < -0.3 is 11.1 Å². The van der Waals surface area contributed by atoms with E-state index in [1.165, 1.54) is 0 Å². The van der Waals surface area contributed by atoms with E-state index >= 15 is 0 Å². The molecule has 0 fully saturated rings. The number of hydrogen-bond donors (Lipinski definition) is 2. The quantitative estimate of drug-likeness (QED) is 0.763. The van der Waals surface area contributed by atoms with Crippen LogP contribution in [0.25, 0.3) is 0 Å². The van der Waals surface area contributed by atoms with Crippen LogP contribution in [0.1, 0.15) is 26.5 Å². The summed E-state index contributed by atoms with van der Waals surface area (Å²) in [6.45, 7) is 5.62. The summed E-state index contributed by atoms with van der Waals surface area (Å²) in [6.07, 6.45) is 2.34. The monoisotopic (exact) mass is 210 g/mol. The minimum Gasteiger partial charge on any atom is -0.396 e. The van der Waals surface area contributed by atoms with E-state index in [0.29, 0.717) is 5.69 Å². The third-order valence-electron chi connectivity index (χ3n) is 2.55. The summed E-state index contributed by atoms with van der Waals surface area (Å²) in [6, 6.07) is 0. The Labute approximate surface area is 89.6 Å². The van der Waals surface area contributed by atoms with Gasteiger partial charge in [-0.15, -0.1) is 0 Å². The van der Waals surface area contributed by atoms with Crippen molar-refractivity contribution >= 4 is 11.6 Å².